The molecule has 1 rings (SSSR count). The van der Waals surface area contributed by atoms with E-state index in [0.717, 1.165) is 0 Å². The highest BCUT2D eigenvalue weighted by Gasteiger charge is 2.29. The van der Waals surface area contributed by atoms with Crippen molar-refractivity contribution in [3.05, 3.63) is 24.3 Å². The van der Waals surface area contributed by atoms with E-state index < -0.39 is 24.9 Å². The molecule has 0 aliphatic heterocycles. The van der Waals surface area contributed by atoms with Crippen molar-refractivity contribution in [2.45, 2.75) is 6.18 Å². The number of nitrogens with one attached hydrogen (secondary N) is 2. The SMILES string of the molecule is NC(=O)Nc1ccc(NC(=O)OCC(F)(F)F)cc1. The van der Waals surface area contributed by atoms with Crippen LogP contribution in [0.5, 0.6) is 0 Å². The summed E-state index contributed by atoms with van der Waals surface area (Å²) in [6, 6.07) is 4.78. The Labute approximate surface area is 105 Å². The maximum Gasteiger partial charge on any atom is 0.422 e. The molecule has 1 aromatic rings. The molecule has 0 spiro atoms. The van der Waals surface area contributed by atoms with Crippen LogP contribution in [0.15, 0.2) is 24.3 Å². The molecule has 3 amide bonds. The highest BCUT2D eigenvalue weighted by atomic mass is 19.4. The van der Waals surface area contributed by atoms with E-state index in [1.54, 1.807) is 0 Å². The second-order valence-corrected chi connectivity index (χ2v) is 3.38. The Morgan fingerprint density at radius 2 is 1.58 bits per heavy atom. The molecular formula is C10H10F3N3O3. The molecular weight excluding hydrogens is 267 g/mol. The molecule has 104 valence electrons. The molecule has 19 heavy (non-hydrogen) atoms. The number of carbonyl (C=O) groups excluding carboxylic acids is 2. The van der Waals surface area contributed by atoms with E-state index >= 15 is 0 Å². The van der Waals surface area contributed by atoms with E-state index in [0.29, 0.717) is 5.69 Å². The van der Waals surface area contributed by atoms with Gasteiger partial charge in [0, 0.05) is 11.4 Å². The van der Waals surface area contributed by atoms with Gasteiger partial charge in [-0.05, 0) is 24.3 Å². The van der Waals surface area contributed by atoms with E-state index in [2.05, 4.69) is 15.4 Å². The highest BCUT2D eigenvalue weighted by Crippen LogP contribution is 2.16. The number of ether oxygens (including phenoxy) is 1. The van der Waals surface area contributed by atoms with Gasteiger partial charge in [0.05, 0.1) is 0 Å². The van der Waals surface area contributed by atoms with Crippen molar-refractivity contribution >= 4 is 23.5 Å². The summed E-state index contributed by atoms with van der Waals surface area (Å²) >= 11 is 0. The van der Waals surface area contributed by atoms with Crippen LogP contribution in [0.4, 0.5) is 34.1 Å². The summed E-state index contributed by atoms with van der Waals surface area (Å²) in [6.45, 7) is -1.67. The summed E-state index contributed by atoms with van der Waals surface area (Å²) in [6.07, 6.45) is -5.81. The number of primary amides is 1. The molecule has 4 N–H and O–H groups in total. The van der Waals surface area contributed by atoms with Crippen molar-refractivity contribution in [2.75, 3.05) is 17.2 Å². The van der Waals surface area contributed by atoms with Crippen LogP contribution in [0, 0.1) is 0 Å². The van der Waals surface area contributed by atoms with E-state index in [1.807, 2.05) is 0 Å². The number of rotatable bonds is 3. The van der Waals surface area contributed by atoms with Crippen LogP contribution in [-0.2, 0) is 4.74 Å². The number of amides is 3. The van der Waals surface area contributed by atoms with Gasteiger partial charge in [-0.3, -0.25) is 5.32 Å². The lowest BCUT2D eigenvalue weighted by Crippen LogP contribution is -2.23. The molecule has 0 bridgehead atoms. The Morgan fingerprint density at radius 1 is 1.11 bits per heavy atom. The molecule has 0 aliphatic carbocycles. The smallest absolute Gasteiger partial charge is 0.422 e. The minimum absolute atomic E-state index is 0.210. The first kappa shape index (κ1) is 14.6. The lowest BCUT2D eigenvalue weighted by molar-refractivity contribution is -0.159. The van der Waals surface area contributed by atoms with E-state index in [4.69, 9.17) is 5.73 Å². The van der Waals surface area contributed by atoms with E-state index in [9.17, 15) is 22.8 Å². The van der Waals surface area contributed by atoms with E-state index in [-0.39, 0.29) is 5.69 Å². The minimum atomic E-state index is -4.58. The summed E-state index contributed by atoms with van der Waals surface area (Å²) in [4.78, 5) is 21.5. The number of anilines is 2. The quantitative estimate of drug-likeness (QED) is 0.791. The fourth-order valence-electron chi connectivity index (χ4n) is 1.08. The zero-order valence-corrected chi connectivity index (χ0v) is 9.45. The Balaban J connectivity index is 2.49. The standard InChI is InChI=1S/C10H10F3N3O3/c11-10(12,13)5-19-9(18)16-7-3-1-6(2-4-7)15-8(14)17/h1-4H,5H2,(H,16,18)(H3,14,15,17). The zero-order valence-electron chi connectivity index (χ0n) is 9.45. The van der Waals surface area contributed by atoms with Gasteiger partial charge in [0.2, 0.25) is 0 Å². The van der Waals surface area contributed by atoms with Crippen LogP contribution in [0.25, 0.3) is 0 Å². The van der Waals surface area contributed by atoms with Crippen molar-refractivity contribution in [3.8, 4) is 0 Å². The lowest BCUT2D eigenvalue weighted by atomic mass is 10.3. The summed E-state index contributed by atoms with van der Waals surface area (Å²) < 4.78 is 39.3. The molecule has 9 heteroatoms. The molecule has 0 unspecified atom stereocenters. The highest BCUT2D eigenvalue weighted by molar-refractivity contribution is 5.89. The van der Waals surface area contributed by atoms with Crippen LogP contribution < -0.4 is 16.4 Å². The number of hydrogen-bond donors (Lipinski definition) is 3. The van der Waals surface area contributed by atoms with Gasteiger partial charge in [-0.25, -0.2) is 9.59 Å². The molecule has 6 nitrogen and oxygen atoms in total. The van der Waals surface area contributed by atoms with Gasteiger partial charge < -0.3 is 15.8 Å². The Morgan fingerprint density at radius 3 is 2.00 bits per heavy atom. The van der Waals surface area contributed by atoms with Crippen molar-refractivity contribution in [1.82, 2.24) is 0 Å². The number of benzene rings is 1. The normalized spacial score (nSPS) is 10.7. The molecule has 0 aliphatic rings. The molecule has 0 heterocycles. The average molecular weight is 277 g/mol. The van der Waals surface area contributed by atoms with Crippen molar-refractivity contribution in [3.63, 3.8) is 0 Å². The molecule has 0 fully saturated rings. The third kappa shape index (κ3) is 6.15. The number of nitrogens with two attached hydrogens (primary N) is 1. The number of halogens is 3. The third-order valence-electron chi connectivity index (χ3n) is 1.77. The average Bonchev–Trinajstić information content (AvgIpc) is 2.28. The lowest BCUT2D eigenvalue weighted by Gasteiger charge is -2.09. The van der Waals surface area contributed by atoms with Crippen molar-refractivity contribution in [2.24, 2.45) is 5.73 Å². The molecule has 0 saturated carbocycles. The van der Waals surface area contributed by atoms with Gasteiger partial charge in [-0.1, -0.05) is 0 Å². The summed E-state index contributed by atoms with van der Waals surface area (Å²) in [5, 5.41) is 4.37. The van der Waals surface area contributed by atoms with Crippen LogP contribution in [0.3, 0.4) is 0 Å². The number of carbonyl (C=O) groups is 2. The van der Waals surface area contributed by atoms with Gasteiger partial charge in [-0.2, -0.15) is 13.2 Å². The monoisotopic (exact) mass is 277 g/mol. The molecule has 1 aromatic carbocycles. The second-order valence-electron chi connectivity index (χ2n) is 3.38. The topological polar surface area (TPSA) is 93.5 Å². The maximum absolute atomic E-state index is 11.8. The second kappa shape index (κ2) is 5.94. The van der Waals surface area contributed by atoms with Gasteiger partial charge in [0.15, 0.2) is 6.61 Å². The Kier molecular flexibility index (Phi) is 4.56. The van der Waals surface area contributed by atoms with Crippen molar-refractivity contribution in [1.29, 1.82) is 0 Å². The summed E-state index contributed by atoms with van der Waals surface area (Å²) in [7, 11) is 0. The fraction of sp³-hybridized carbons (Fsp3) is 0.200. The van der Waals surface area contributed by atoms with Crippen LogP contribution >= 0.6 is 0 Å². The van der Waals surface area contributed by atoms with E-state index in [1.165, 1.54) is 24.3 Å². The fourth-order valence-corrected chi connectivity index (χ4v) is 1.08. The molecule has 0 saturated heterocycles. The predicted molar refractivity (Wildman–Crippen MR) is 60.7 cm³/mol. The summed E-state index contributed by atoms with van der Waals surface area (Å²) in [5.74, 6) is 0. The van der Waals surface area contributed by atoms with Gasteiger partial charge in [0.1, 0.15) is 0 Å². The first-order chi connectivity index (χ1) is 8.76. The summed E-state index contributed by atoms with van der Waals surface area (Å²) in [5.41, 5.74) is 5.46. The molecule has 0 atom stereocenters. The van der Waals surface area contributed by atoms with Crippen LogP contribution in [0.1, 0.15) is 0 Å². The molecule has 0 radical (unpaired) electrons. The largest absolute Gasteiger partial charge is 0.440 e. The molecule has 0 aromatic heterocycles. The zero-order chi connectivity index (χ0) is 14.5. The van der Waals surface area contributed by atoms with Gasteiger partial charge >= 0.3 is 18.3 Å². The number of urea groups is 1. The van der Waals surface area contributed by atoms with Crippen molar-refractivity contribution < 1.29 is 27.5 Å². The van der Waals surface area contributed by atoms with Crippen LogP contribution in [-0.4, -0.2) is 24.9 Å². The van der Waals surface area contributed by atoms with Gasteiger partial charge in [-0.15, -0.1) is 0 Å². The number of alkyl halides is 3. The first-order valence-corrected chi connectivity index (χ1v) is 4.93. The number of hydrogen-bond acceptors (Lipinski definition) is 3. The maximum atomic E-state index is 11.8. The minimum Gasteiger partial charge on any atom is -0.440 e. The third-order valence-corrected chi connectivity index (χ3v) is 1.77. The Bertz CT molecular complexity index is 459. The first-order valence-electron chi connectivity index (χ1n) is 4.93. The predicted octanol–water partition coefficient (Wildman–Crippen LogP) is 2.29. The van der Waals surface area contributed by atoms with Gasteiger partial charge in [0.25, 0.3) is 0 Å². The Hall–Kier alpha value is -2.45. The van der Waals surface area contributed by atoms with Crippen LogP contribution in [0.2, 0.25) is 0 Å².